The molecule has 34 heavy (non-hydrogen) atoms. The number of ether oxygens (including phenoxy) is 2. The molecule has 0 radical (unpaired) electrons. The van der Waals surface area contributed by atoms with E-state index in [0.717, 1.165) is 24.3 Å². The summed E-state index contributed by atoms with van der Waals surface area (Å²) in [6, 6.07) is 13.9. The van der Waals surface area contributed by atoms with Crippen LogP contribution in [-0.2, 0) is 21.0 Å². The average molecular weight is 515 g/mol. The van der Waals surface area contributed by atoms with Crippen LogP contribution < -0.4 is 19.5 Å². The van der Waals surface area contributed by atoms with Gasteiger partial charge in [-0.1, -0.05) is 23.7 Å². The third kappa shape index (κ3) is 6.55. The summed E-state index contributed by atoms with van der Waals surface area (Å²) in [6.07, 6.45) is -4.62. The van der Waals surface area contributed by atoms with Gasteiger partial charge in [0.25, 0.3) is 15.9 Å². The Kier molecular flexibility index (Phi) is 7.57. The maximum absolute atomic E-state index is 12.9. The molecule has 0 aliphatic heterocycles. The van der Waals surface area contributed by atoms with Gasteiger partial charge in [0.1, 0.15) is 11.5 Å². The molecular weight excluding hydrogens is 497 g/mol. The predicted molar refractivity (Wildman–Crippen MR) is 121 cm³/mol. The van der Waals surface area contributed by atoms with E-state index in [-0.39, 0.29) is 21.4 Å². The van der Waals surface area contributed by atoms with E-state index < -0.39 is 34.3 Å². The summed E-state index contributed by atoms with van der Waals surface area (Å²) in [6.45, 7) is -0.411. The number of hydrogen-bond acceptors (Lipinski definition) is 5. The third-order valence-corrected chi connectivity index (χ3v) is 6.04. The summed E-state index contributed by atoms with van der Waals surface area (Å²) < 4.78 is 76.3. The third-order valence-electron chi connectivity index (χ3n) is 4.37. The lowest BCUT2D eigenvalue weighted by Crippen LogP contribution is -2.20. The van der Waals surface area contributed by atoms with Gasteiger partial charge in [0, 0.05) is 17.4 Å². The number of amides is 1. The number of halogens is 4. The number of nitrogens with one attached hydrogen (secondary N) is 2. The molecule has 0 heterocycles. The van der Waals surface area contributed by atoms with E-state index in [1.54, 1.807) is 24.3 Å². The van der Waals surface area contributed by atoms with Crippen molar-refractivity contribution in [3.05, 3.63) is 77.3 Å². The van der Waals surface area contributed by atoms with Gasteiger partial charge < -0.3 is 14.8 Å². The molecule has 0 saturated heterocycles. The van der Waals surface area contributed by atoms with Crippen LogP contribution in [0.2, 0.25) is 5.02 Å². The molecule has 0 fully saturated rings. The van der Waals surface area contributed by atoms with Crippen LogP contribution in [0.15, 0.2) is 71.6 Å². The Morgan fingerprint density at radius 3 is 2.38 bits per heavy atom. The number of methoxy groups -OCH3 is 1. The first-order chi connectivity index (χ1) is 16.0. The quantitative estimate of drug-likeness (QED) is 0.432. The lowest BCUT2D eigenvalue weighted by atomic mass is 10.2. The lowest BCUT2D eigenvalue weighted by Gasteiger charge is -2.13. The Hall–Kier alpha value is -3.44. The second kappa shape index (κ2) is 10.2. The number of rotatable bonds is 8. The van der Waals surface area contributed by atoms with Crippen molar-refractivity contribution in [3.8, 4) is 11.5 Å². The van der Waals surface area contributed by atoms with Gasteiger partial charge in [-0.2, -0.15) is 13.2 Å². The standard InChI is InChI=1S/C22H18ClF3N2O5S/c1-32-17-7-3-5-15(11-17)27-21(29)13-33-20-9-8-18(12-19(20)23)34(30,31)28-16-6-2-4-14(10-16)22(24,25)26/h2-12,28H,13H2,1H3,(H,27,29). The molecule has 0 saturated carbocycles. The molecule has 3 aromatic rings. The summed E-state index contributed by atoms with van der Waals surface area (Å²) in [5.41, 5.74) is -0.775. The lowest BCUT2D eigenvalue weighted by molar-refractivity contribution is -0.137. The van der Waals surface area contributed by atoms with Crippen molar-refractivity contribution < 1.29 is 35.9 Å². The van der Waals surface area contributed by atoms with E-state index in [2.05, 4.69) is 10.0 Å². The smallest absolute Gasteiger partial charge is 0.416 e. The molecule has 0 bridgehead atoms. The highest BCUT2D eigenvalue weighted by atomic mass is 35.5. The molecule has 0 spiro atoms. The molecule has 3 rings (SSSR count). The molecule has 0 aliphatic rings. The molecule has 12 heteroatoms. The van der Waals surface area contributed by atoms with Crippen molar-refractivity contribution in [2.45, 2.75) is 11.1 Å². The SMILES string of the molecule is COc1cccc(NC(=O)COc2ccc(S(=O)(=O)Nc3cccc(C(F)(F)F)c3)cc2Cl)c1. The van der Waals surface area contributed by atoms with Crippen LogP contribution in [0.1, 0.15) is 5.56 Å². The van der Waals surface area contributed by atoms with E-state index in [1.807, 2.05) is 0 Å². The number of carbonyl (C=O) groups excluding carboxylic acids is 1. The van der Waals surface area contributed by atoms with Gasteiger partial charge >= 0.3 is 6.18 Å². The van der Waals surface area contributed by atoms with Gasteiger partial charge in [-0.3, -0.25) is 9.52 Å². The Balaban J connectivity index is 1.66. The second-order valence-electron chi connectivity index (χ2n) is 6.85. The Morgan fingerprint density at radius 2 is 1.71 bits per heavy atom. The summed E-state index contributed by atoms with van der Waals surface area (Å²) in [5, 5.41) is 2.50. The molecule has 0 aromatic heterocycles. The maximum Gasteiger partial charge on any atom is 0.416 e. The number of benzene rings is 3. The fraction of sp³-hybridized carbons (Fsp3) is 0.136. The highest BCUT2D eigenvalue weighted by molar-refractivity contribution is 7.92. The van der Waals surface area contributed by atoms with E-state index in [9.17, 15) is 26.4 Å². The zero-order valence-electron chi connectivity index (χ0n) is 17.5. The number of hydrogen-bond donors (Lipinski definition) is 2. The first-order valence-electron chi connectivity index (χ1n) is 9.54. The van der Waals surface area contributed by atoms with Gasteiger partial charge in [-0.25, -0.2) is 8.42 Å². The van der Waals surface area contributed by atoms with Crippen molar-refractivity contribution in [2.24, 2.45) is 0 Å². The monoisotopic (exact) mass is 514 g/mol. The van der Waals surface area contributed by atoms with Crippen molar-refractivity contribution >= 4 is 38.9 Å². The van der Waals surface area contributed by atoms with Gasteiger partial charge in [0.05, 0.1) is 22.6 Å². The highest BCUT2D eigenvalue weighted by Crippen LogP contribution is 2.32. The molecule has 7 nitrogen and oxygen atoms in total. The number of carbonyl (C=O) groups is 1. The molecular formula is C22H18ClF3N2O5S. The minimum absolute atomic E-state index is 0.0421. The summed E-state index contributed by atoms with van der Waals surface area (Å²) in [5.74, 6) is 0.102. The fourth-order valence-electron chi connectivity index (χ4n) is 2.78. The van der Waals surface area contributed by atoms with Crippen LogP contribution in [0.4, 0.5) is 24.5 Å². The van der Waals surface area contributed by atoms with Crippen LogP contribution in [0.5, 0.6) is 11.5 Å². The van der Waals surface area contributed by atoms with Gasteiger partial charge in [-0.15, -0.1) is 0 Å². The Morgan fingerprint density at radius 1 is 1.00 bits per heavy atom. The van der Waals surface area contributed by atoms with Crippen LogP contribution >= 0.6 is 11.6 Å². The number of alkyl halides is 3. The molecule has 1 amide bonds. The van der Waals surface area contributed by atoms with Crippen LogP contribution in [0.25, 0.3) is 0 Å². The molecule has 0 unspecified atom stereocenters. The molecule has 0 aliphatic carbocycles. The van der Waals surface area contributed by atoms with E-state index in [4.69, 9.17) is 21.1 Å². The maximum atomic E-state index is 12.9. The van der Waals surface area contributed by atoms with Crippen LogP contribution in [0, 0.1) is 0 Å². The van der Waals surface area contributed by atoms with Crippen LogP contribution in [0.3, 0.4) is 0 Å². The summed E-state index contributed by atoms with van der Waals surface area (Å²) in [4.78, 5) is 11.8. The first kappa shape index (κ1) is 25.2. The zero-order valence-corrected chi connectivity index (χ0v) is 19.1. The normalized spacial score (nSPS) is 11.6. The van der Waals surface area contributed by atoms with Crippen molar-refractivity contribution in [2.75, 3.05) is 23.8 Å². The Labute approximate surface area is 198 Å². The summed E-state index contributed by atoms with van der Waals surface area (Å²) in [7, 11) is -2.75. The minimum atomic E-state index is -4.62. The predicted octanol–water partition coefficient (Wildman–Crippen LogP) is 5.19. The molecule has 2 N–H and O–H groups in total. The topological polar surface area (TPSA) is 93.7 Å². The fourth-order valence-corrected chi connectivity index (χ4v) is 4.16. The molecule has 3 aromatic carbocycles. The van der Waals surface area contributed by atoms with Crippen LogP contribution in [-0.4, -0.2) is 28.0 Å². The highest BCUT2D eigenvalue weighted by Gasteiger charge is 2.30. The number of anilines is 2. The van der Waals surface area contributed by atoms with Gasteiger partial charge in [-0.05, 0) is 48.5 Å². The zero-order chi connectivity index (χ0) is 24.9. The van der Waals surface area contributed by atoms with Crippen molar-refractivity contribution in [1.82, 2.24) is 0 Å². The average Bonchev–Trinajstić information content (AvgIpc) is 2.77. The van der Waals surface area contributed by atoms with Gasteiger partial charge in [0.2, 0.25) is 0 Å². The molecule has 180 valence electrons. The van der Waals surface area contributed by atoms with Gasteiger partial charge in [0.15, 0.2) is 6.61 Å². The summed E-state index contributed by atoms with van der Waals surface area (Å²) >= 11 is 6.09. The Bertz CT molecular complexity index is 1300. The van der Waals surface area contributed by atoms with E-state index >= 15 is 0 Å². The van der Waals surface area contributed by atoms with E-state index in [1.165, 1.54) is 19.2 Å². The minimum Gasteiger partial charge on any atom is -0.497 e. The first-order valence-corrected chi connectivity index (χ1v) is 11.4. The van der Waals surface area contributed by atoms with E-state index in [0.29, 0.717) is 17.5 Å². The van der Waals surface area contributed by atoms with Crippen molar-refractivity contribution in [1.29, 1.82) is 0 Å². The second-order valence-corrected chi connectivity index (χ2v) is 8.93. The molecule has 0 atom stereocenters. The largest absolute Gasteiger partial charge is 0.497 e. The number of sulfonamides is 1. The van der Waals surface area contributed by atoms with Crippen molar-refractivity contribution in [3.63, 3.8) is 0 Å².